The van der Waals surface area contributed by atoms with E-state index in [0.717, 1.165) is 11.6 Å². The van der Waals surface area contributed by atoms with Gasteiger partial charge in [-0.25, -0.2) is 4.99 Å². The van der Waals surface area contributed by atoms with E-state index < -0.39 is 0 Å². The lowest BCUT2D eigenvalue weighted by Gasteiger charge is -2.45. The molecule has 1 fully saturated rings. The Labute approximate surface area is 120 Å². The first-order chi connectivity index (χ1) is 9.57. The van der Waals surface area contributed by atoms with Gasteiger partial charge in [0, 0.05) is 0 Å². The summed E-state index contributed by atoms with van der Waals surface area (Å²) in [6.07, 6.45) is 0.0906. The van der Waals surface area contributed by atoms with Gasteiger partial charge in [-0.3, -0.25) is 0 Å². The van der Waals surface area contributed by atoms with Crippen LogP contribution in [-0.4, -0.2) is 5.90 Å². The van der Waals surface area contributed by atoms with Crippen LogP contribution in [0.4, 0.5) is 5.69 Å². The smallest absolute Gasteiger partial charge is 0.199 e. The van der Waals surface area contributed by atoms with Crippen LogP contribution >= 0.6 is 0 Å². The Kier molecular flexibility index (Phi) is 3.09. The van der Waals surface area contributed by atoms with E-state index in [-0.39, 0.29) is 11.5 Å². The molecule has 0 radical (unpaired) electrons. The molecule has 3 rings (SSSR count). The highest BCUT2D eigenvalue weighted by molar-refractivity contribution is 5.90. The second-order valence-corrected chi connectivity index (χ2v) is 5.88. The molecule has 2 heteroatoms. The molecular weight excluding hydrogens is 246 g/mol. The van der Waals surface area contributed by atoms with Gasteiger partial charge in [0.25, 0.3) is 0 Å². The van der Waals surface area contributed by atoms with Crippen molar-refractivity contribution in [2.24, 2.45) is 10.4 Å². The molecule has 2 aromatic carbocycles. The number of nitrogens with zero attached hydrogens (tertiary/aromatic N) is 1. The van der Waals surface area contributed by atoms with Crippen LogP contribution < -0.4 is 0 Å². The van der Waals surface area contributed by atoms with Crippen LogP contribution in [0, 0.1) is 12.3 Å². The number of aliphatic imine (C=N–C) groups is 1. The minimum Gasteiger partial charge on any atom is -0.471 e. The second-order valence-electron chi connectivity index (χ2n) is 5.88. The van der Waals surface area contributed by atoms with Gasteiger partial charge >= 0.3 is 0 Å². The monoisotopic (exact) mass is 265 g/mol. The number of benzene rings is 2. The van der Waals surface area contributed by atoms with Gasteiger partial charge in [0.15, 0.2) is 5.90 Å². The van der Waals surface area contributed by atoms with E-state index in [9.17, 15) is 0 Å². The van der Waals surface area contributed by atoms with Crippen molar-refractivity contribution in [3.05, 3.63) is 65.7 Å². The molecule has 1 unspecified atom stereocenters. The molecule has 2 nitrogen and oxygen atoms in total. The third kappa shape index (κ3) is 2.22. The molecule has 0 amide bonds. The van der Waals surface area contributed by atoms with Gasteiger partial charge in [0.05, 0.1) is 11.1 Å². The average molecular weight is 265 g/mol. The number of hydrogen-bond acceptors (Lipinski definition) is 2. The van der Waals surface area contributed by atoms with Crippen LogP contribution in [0.25, 0.3) is 0 Å². The summed E-state index contributed by atoms with van der Waals surface area (Å²) in [5.41, 5.74) is 3.34. The van der Waals surface area contributed by atoms with Gasteiger partial charge in [-0.05, 0) is 38.5 Å². The summed E-state index contributed by atoms with van der Waals surface area (Å²) in [4.78, 5) is 4.63. The SMILES string of the molecule is Cc1ccc(N=C2OC(c3ccccc3)C2(C)C)cc1. The van der Waals surface area contributed by atoms with Gasteiger partial charge in [-0.2, -0.15) is 0 Å². The highest BCUT2D eigenvalue weighted by Crippen LogP contribution is 2.48. The highest BCUT2D eigenvalue weighted by atomic mass is 16.5. The molecule has 1 aliphatic rings. The van der Waals surface area contributed by atoms with Gasteiger partial charge in [0.2, 0.25) is 0 Å². The van der Waals surface area contributed by atoms with Crippen molar-refractivity contribution in [2.75, 3.05) is 0 Å². The van der Waals surface area contributed by atoms with Crippen LogP contribution in [0.3, 0.4) is 0 Å². The molecule has 2 aromatic rings. The third-order valence-electron chi connectivity index (χ3n) is 3.80. The molecule has 1 heterocycles. The maximum absolute atomic E-state index is 5.92. The molecule has 102 valence electrons. The standard InChI is InChI=1S/C18H19NO/c1-13-9-11-15(12-10-13)19-17-18(2,3)16(20-17)14-7-5-4-6-8-14/h4-12,16H,1-3H3. The van der Waals surface area contributed by atoms with Crippen molar-refractivity contribution in [1.29, 1.82) is 0 Å². The Bertz CT molecular complexity index is 626. The molecule has 0 saturated carbocycles. The molecule has 0 bridgehead atoms. The molecule has 0 aromatic heterocycles. The molecular formula is C18H19NO. The zero-order valence-electron chi connectivity index (χ0n) is 12.1. The lowest BCUT2D eigenvalue weighted by molar-refractivity contribution is 0.000680. The molecule has 1 aliphatic heterocycles. The first-order valence-electron chi connectivity index (χ1n) is 6.95. The van der Waals surface area contributed by atoms with Crippen molar-refractivity contribution in [3.63, 3.8) is 0 Å². The van der Waals surface area contributed by atoms with Gasteiger partial charge < -0.3 is 4.74 Å². The predicted octanol–water partition coefficient (Wildman–Crippen LogP) is 4.82. The number of rotatable bonds is 2. The van der Waals surface area contributed by atoms with E-state index in [1.807, 2.05) is 30.3 Å². The van der Waals surface area contributed by atoms with Gasteiger partial charge in [0.1, 0.15) is 6.10 Å². The topological polar surface area (TPSA) is 21.6 Å². The van der Waals surface area contributed by atoms with E-state index >= 15 is 0 Å². The lowest BCUT2D eigenvalue weighted by Crippen LogP contribution is -2.46. The normalized spacial score (nSPS) is 22.1. The molecule has 1 atom stereocenters. The zero-order valence-corrected chi connectivity index (χ0v) is 12.1. The van der Waals surface area contributed by atoms with Crippen LogP contribution in [0.1, 0.15) is 31.1 Å². The molecule has 0 spiro atoms. The van der Waals surface area contributed by atoms with E-state index in [0.29, 0.717) is 0 Å². The Morgan fingerprint density at radius 3 is 2.20 bits per heavy atom. The highest BCUT2D eigenvalue weighted by Gasteiger charge is 2.49. The van der Waals surface area contributed by atoms with E-state index in [4.69, 9.17) is 4.74 Å². The van der Waals surface area contributed by atoms with Gasteiger partial charge in [-0.1, -0.05) is 48.0 Å². The number of aryl methyl sites for hydroxylation is 1. The maximum atomic E-state index is 5.92. The predicted molar refractivity (Wildman–Crippen MR) is 82.3 cm³/mol. The Balaban J connectivity index is 1.83. The van der Waals surface area contributed by atoms with Crippen molar-refractivity contribution in [3.8, 4) is 0 Å². The average Bonchev–Trinajstić information content (AvgIpc) is 2.46. The summed E-state index contributed by atoms with van der Waals surface area (Å²) >= 11 is 0. The Hall–Kier alpha value is -2.09. The maximum Gasteiger partial charge on any atom is 0.199 e. The third-order valence-corrected chi connectivity index (χ3v) is 3.80. The van der Waals surface area contributed by atoms with E-state index in [1.165, 1.54) is 11.1 Å². The van der Waals surface area contributed by atoms with Crippen molar-refractivity contribution < 1.29 is 4.74 Å². The van der Waals surface area contributed by atoms with Crippen molar-refractivity contribution in [1.82, 2.24) is 0 Å². The second kappa shape index (κ2) is 4.78. The van der Waals surface area contributed by atoms with Crippen LogP contribution in [0.2, 0.25) is 0 Å². The Morgan fingerprint density at radius 1 is 0.950 bits per heavy atom. The first kappa shape index (κ1) is 12.9. The largest absolute Gasteiger partial charge is 0.471 e. The van der Waals surface area contributed by atoms with Crippen molar-refractivity contribution >= 4 is 11.6 Å². The summed E-state index contributed by atoms with van der Waals surface area (Å²) in [6.45, 7) is 6.44. The molecule has 1 saturated heterocycles. The van der Waals surface area contributed by atoms with E-state index in [1.54, 1.807) is 0 Å². The summed E-state index contributed by atoms with van der Waals surface area (Å²) in [5, 5.41) is 0. The molecule has 0 aliphatic carbocycles. The number of hydrogen-bond donors (Lipinski definition) is 0. The van der Waals surface area contributed by atoms with Crippen LogP contribution in [0.15, 0.2) is 59.6 Å². The molecule has 0 N–H and O–H groups in total. The number of ether oxygens (including phenoxy) is 1. The first-order valence-corrected chi connectivity index (χ1v) is 6.95. The fourth-order valence-corrected chi connectivity index (χ4v) is 2.48. The summed E-state index contributed by atoms with van der Waals surface area (Å²) in [6, 6.07) is 18.5. The van der Waals surface area contributed by atoms with Gasteiger partial charge in [-0.15, -0.1) is 0 Å². The summed E-state index contributed by atoms with van der Waals surface area (Å²) < 4.78 is 5.92. The lowest BCUT2D eigenvalue weighted by atomic mass is 9.77. The quantitative estimate of drug-likeness (QED) is 0.762. The summed E-state index contributed by atoms with van der Waals surface area (Å²) in [7, 11) is 0. The minimum absolute atomic E-state index is 0.0633. The fraction of sp³-hybridized carbons (Fsp3) is 0.278. The van der Waals surface area contributed by atoms with E-state index in [2.05, 4.69) is 50.0 Å². The molecule has 20 heavy (non-hydrogen) atoms. The fourth-order valence-electron chi connectivity index (χ4n) is 2.48. The van der Waals surface area contributed by atoms with Crippen LogP contribution in [-0.2, 0) is 4.74 Å². The van der Waals surface area contributed by atoms with Crippen LogP contribution in [0.5, 0.6) is 0 Å². The zero-order chi connectivity index (χ0) is 14.2. The summed E-state index contributed by atoms with van der Waals surface area (Å²) in [5.74, 6) is 0.815. The minimum atomic E-state index is -0.0633. The Morgan fingerprint density at radius 2 is 1.60 bits per heavy atom. The van der Waals surface area contributed by atoms with Crippen molar-refractivity contribution in [2.45, 2.75) is 26.9 Å².